The number of nitrogens with zero attached hydrogens (tertiary/aromatic N) is 3. The Morgan fingerprint density at radius 3 is 2.54 bits per heavy atom. The summed E-state index contributed by atoms with van der Waals surface area (Å²) >= 11 is 0. The first-order chi connectivity index (χ1) is 11.7. The lowest BCUT2D eigenvalue weighted by Gasteiger charge is -2.21. The summed E-state index contributed by atoms with van der Waals surface area (Å²) in [6.45, 7) is 2.74. The summed E-state index contributed by atoms with van der Waals surface area (Å²) in [4.78, 5) is 33.2. The van der Waals surface area contributed by atoms with Gasteiger partial charge in [0.05, 0.1) is 18.2 Å². The van der Waals surface area contributed by atoms with Crippen LogP contribution in [0.3, 0.4) is 0 Å². The normalized spacial score (nSPS) is 29.2. The fourth-order valence-corrected chi connectivity index (χ4v) is 4.23. The molecular weight excluding hydrogens is 302 g/mol. The highest BCUT2D eigenvalue weighted by atomic mass is 16.2. The van der Waals surface area contributed by atoms with Gasteiger partial charge in [-0.1, -0.05) is 18.2 Å². The quantitative estimate of drug-likeness (QED) is 0.797. The number of rotatable bonds is 3. The van der Waals surface area contributed by atoms with E-state index in [1.54, 1.807) is 11.1 Å². The fraction of sp³-hybridized carbons (Fsp3) is 0.526. The van der Waals surface area contributed by atoms with Gasteiger partial charge in [-0.05, 0) is 36.8 Å². The van der Waals surface area contributed by atoms with Gasteiger partial charge in [-0.2, -0.15) is 0 Å². The molecule has 3 heterocycles. The first-order valence-electron chi connectivity index (χ1n) is 8.82. The molecule has 126 valence electrons. The highest BCUT2D eigenvalue weighted by Gasteiger charge is 2.41. The monoisotopic (exact) mass is 325 g/mol. The van der Waals surface area contributed by atoms with Crippen LogP contribution in [0.5, 0.6) is 0 Å². The lowest BCUT2D eigenvalue weighted by atomic mass is 9.86. The number of carbonyl (C=O) groups excluding carboxylic acids is 2. The minimum atomic E-state index is -0.186. The van der Waals surface area contributed by atoms with Gasteiger partial charge in [-0.3, -0.25) is 14.6 Å². The molecule has 2 aliphatic heterocycles. The van der Waals surface area contributed by atoms with Crippen molar-refractivity contribution >= 4 is 11.8 Å². The minimum Gasteiger partial charge on any atom is -0.342 e. The third-order valence-corrected chi connectivity index (χ3v) is 5.58. The van der Waals surface area contributed by atoms with Crippen molar-refractivity contribution in [3.05, 3.63) is 42.2 Å². The van der Waals surface area contributed by atoms with E-state index in [1.807, 2.05) is 23.1 Å². The summed E-state index contributed by atoms with van der Waals surface area (Å²) < 4.78 is 0. The predicted molar refractivity (Wildman–Crippen MR) is 89.7 cm³/mol. The SMILES string of the molecule is O=C1C[C@@H](C(=O)N2C[C@H]3CC=CC[C@H]3C2)CN1Cc1ccccn1. The third kappa shape index (κ3) is 2.95. The van der Waals surface area contributed by atoms with Gasteiger partial charge in [0.25, 0.3) is 0 Å². The zero-order valence-corrected chi connectivity index (χ0v) is 13.8. The van der Waals surface area contributed by atoms with Crippen molar-refractivity contribution in [1.29, 1.82) is 0 Å². The van der Waals surface area contributed by atoms with Crippen LogP contribution in [0.2, 0.25) is 0 Å². The molecule has 5 nitrogen and oxygen atoms in total. The van der Waals surface area contributed by atoms with Gasteiger partial charge in [0, 0.05) is 32.3 Å². The molecule has 0 bridgehead atoms. The second kappa shape index (κ2) is 6.38. The van der Waals surface area contributed by atoms with Gasteiger partial charge in [0.15, 0.2) is 0 Å². The summed E-state index contributed by atoms with van der Waals surface area (Å²) in [6.07, 6.45) is 8.73. The molecule has 1 aliphatic carbocycles. The smallest absolute Gasteiger partial charge is 0.228 e. The van der Waals surface area contributed by atoms with Crippen LogP contribution < -0.4 is 0 Å². The molecule has 5 heteroatoms. The number of hydrogen-bond donors (Lipinski definition) is 0. The van der Waals surface area contributed by atoms with E-state index >= 15 is 0 Å². The van der Waals surface area contributed by atoms with Crippen molar-refractivity contribution in [1.82, 2.24) is 14.8 Å². The summed E-state index contributed by atoms with van der Waals surface area (Å²) in [5.74, 6) is 1.27. The number of fused-ring (bicyclic) bond motifs is 1. The molecule has 0 N–H and O–H groups in total. The Morgan fingerprint density at radius 2 is 1.88 bits per heavy atom. The number of pyridine rings is 1. The summed E-state index contributed by atoms with van der Waals surface area (Å²) in [6, 6.07) is 5.70. The molecule has 3 atom stereocenters. The number of carbonyl (C=O) groups is 2. The molecular formula is C19H23N3O2. The van der Waals surface area contributed by atoms with E-state index in [4.69, 9.17) is 0 Å². The highest BCUT2D eigenvalue weighted by molar-refractivity contribution is 5.89. The Morgan fingerprint density at radius 1 is 1.12 bits per heavy atom. The first-order valence-corrected chi connectivity index (χ1v) is 8.82. The Kier molecular flexibility index (Phi) is 4.08. The van der Waals surface area contributed by atoms with Gasteiger partial charge in [0.1, 0.15) is 0 Å². The number of hydrogen-bond acceptors (Lipinski definition) is 3. The van der Waals surface area contributed by atoms with E-state index in [0.29, 0.717) is 31.3 Å². The fourth-order valence-electron chi connectivity index (χ4n) is 4.23. The number of allylic oxidation sites excluding steroid dienone is 2. The maximum absolute atomic E-state index is 12.8. The van der Waals surface area contributed by atoms with Crippen LogP contribution in [-0.2, 0) is 16.1 Å². The average Bonchev–Trinajstić information content (AvgIpc) is 3.19. The molecule has 1 aromatic heterocycles. The van der Waals surface area contributed by atoms with Gasteiger partial charge >= 0.3 is 0 Å². The molecule has 0 radical (unpaired) electrons. The molecule has 0 spiro atoms. The number of likely N-dealkylation sites (tertiary alicyclic amines) is 2. The maximum atomic E-state index is 12.8. The van der Waals surface area contributed by atoms with Crippen LogP contribution in [0.4, 0.5) is 0 Å². The minimum absolute atomic E-state index is 0.0669. The Bertz CT molecular complexity index is 642. The largest absolute Gasteiger partial charge is 0.342 e. The number of amides is 2. The van der Waals surface area contributed by atoms with Crippen molar-refractivity contribution in [3.63, 3.8) is 0 Å². The van der Waals surface area contributed by atoms with E-state index < -0.39 is 0 Å². The lowest BCUT2D eigenvalue weighted by Crippen LogP contribution is -2.36. The van der Waals surface area contributed by atoms with Crippen molar-refractivity contribution in [2.75, 3.05) is 19.6 Å². The van der Waals surface area contributed by atoms with Crippen molar-refractivity contribution < 1.29 is 9.59 Å². The van der Waals surface area contributed by atoms with Crippen LogP contribution in [0, 0.1) is 17.8 Å². The summed E-state index contributed by atoms with van der Waals surface area (Å²) in [5, 5.41) is 0. The lowest BCUT2D eigenvalue weighted by molar-refractivity contribution is -0.135. The van der Waals surface area contributed by atoms with Gasteiger partial charge in [-0.15, -0.1) is 0 Å². The molecule has 0 aromatic carbocycles. The number of aromatic nitrogens is 1. The van der Waals surface area contributed by atoms with Gasteiger partial charge in [-0.25, -0.2) is 0 Å². The van der Waals surface area contributed by atoms with Gasteiger partial charge in [0.2, 0.25) is 11.8 Å². The molecule has 0 unspecified atom stereocenters. The molecule has 3 aliphatic rings. The van der Waals surface area contributed by atoms with Crippen molar-refractivity contribution in [2.24, 2.45) is 17.8 Å². The van der Waals surface area contributed by atoms with Crippen molar-refractivity contribution in [3.8, 4) is 0 Å². The standard InChI is InChI=1S/C19H23N3O2/c23-18-9-16(12-21(18)13-17-7-3-4-8-20-17)19(24)22-10-14-5-1-2-6-15(14)11-22/h1-4,7-8,14-16H,5-6,9-13H2/t14-,15+,16-/m1/s1. The van der Waals surface area contributed by atoms with E-state index in [0.717, 1.165) is 31.6 Å². The van der Waals surface area contributed by atoms with E-state index in [-0.39, 0.29) is 17.7 Å². The molecule has 1 aromatic rings. The van der Waals surface area contributed by atoms with Crippen LogP contribution >= 0.6 is 0 Å². The predicted octanol–water partition coefficient (Wildman–Crippen LogP) is 1.85. The molecule has 4 rings (SSSR count). The van der Waals surface area contributed by atoms with Crippen LogP contribution in [-0.4, -0.2) is 46.2 Å². The topological polar surface area (TPSA) is 53.5 Å². The Labute approximate surface area is 142 Å². The second-order valence-electron chi connectivity index (χ2n) is 7.20. The highest BCUT2D eigenvalue weighted by Crippen LogP contribution is 2.34. The van der Waals surface area contributed by atoms with E-state index in [9.17, 15) is 9.59 Å². The molecule has 24 heavy (non-hydrogen) atoms. The average molecular weight is 325 g/mol. The molecule has 2 amide bonds. The van der Waals surface area contributed by atoms with Crippen LogP contribution in [0.1, 0.15) is 25.0 Å². The van der Waals surface area contributed by atoms with Crippen molar-refractivity contribution in [2.45, 2.75) is 25.8 Å². The van der Waals surface area contributed by atoms with Gasteiger partial charge < -0.3 is 9.80 Å². The summed E-state index contributed by atoms with van der Waals surface area (Å²) in [5.41, 5.74) is 0.872. The zero-order valence-electron chi connectivity index (χ0n) is 13.8. The Hall–Kier alpha value is -2.17. The second-order valence-corrected chi connectivity index (χ2v) is 7.20. The molecule has 2 saturated heterocycles. The summed E-state index contributed by atoms with van der Waals surface area (Å²) in [7, 11) is 0. The van der Waals surface area contributed by atoms with Crippen LogP contribution in [0.25, 0.3) is 0 Å². The zero-order chi connectivity index (χ0) is 16.5. The maximum Gasteiger partial charge on any atom is 0.228 e. The van der Waals surface area contributed by atoms with E-state index in [2.05, 4.69) is 17.1 Å². The van der Waals surface area contributed by atoms with E-state index in [1.165, 1.54) is 0 Å². The van der Waals surface area contributed by atoms with Crippen LogP contribution in [0.15, 0.2) is 36.5 Å². The molecule has 2 fully saturated rings. The molecule has 0 saturated carbocycles. The Balaban J connectivity index is 1.37. The first kappa shape index (κ1) is 15.4. The third-order valence-electron chi connectivity index (χ3n) is 5.58.